The lowest BCUT2D eigenvalue weighted by molar-refractivity contribution is -0.123. The Labute approximate surface area is 146 Å². The first-order valence-electron chi connectivity index (χ1n) is 8.17. The number of carbonyl (C=O) groups excluding carboxylic acids is 2. The van der Waals surface area contributed by atoms with Gasteiger partial charge in [0.2, 0.25) is 5.91 Å². The van der Waals surface area contributed by atoms with E-state index in [1.54, 1.807) is 0 Å². The summed E-state index contributed by atoms with van der Waals surface area (Å²) in [5, 5.41) is 19.2. The van der Waals surface area contributed by atoms with Crippen molar-refractivity contribution in [3.63, 3.8) is 0 Å². The van der Waals surface area contributed by atoms with Gasteiger partial charge in [-0.05, 0) is 42.0 Å². The molecular weight excluding hydrogens is 324 g/mol. The highest BCUT2D eigenvalue weighted by atomic mass is 16.4. The Hall–Kier alpha value is -2.41. The number of carboxylic acids is 1. The van der Waals surface area contributed by atoms with Gasteiger partial charge in [-0.25, -0.2) is 4.79 Å². The van der Waals surface area contributed by atoms with Crippen LogP contribution in [0.1, 0.15) is 59.9 Å². The molecule has 1 aliphatic rings. The Kier molecular flexibility index (Phi) is 5.17. The number of aliphatic hydroxyl groups excluding tert-OH is 1. The minimum atomic E-state index is -1.08. The summed E-state index contributed by atoms with van der Waals surface area (Å²) in [6, 6.07) is 3.43. The number of hydrogen-bond acceptors (Lipinski definition) is 4. The molecule has 136 valence electrons. The molecule has 1 heterocycles. The summed E-state index contributed by atoms with van der Waals surface area (Å²) in [5.74, 6) is -2.06. The Morgan fingerprint density at radius 2 is 1.92 bits per heavy atom. The van der Waals surface area contributed by atoms with E-state index in [4.69, 9.17) is 10.8 Å². The summed E-state index contributed by atoms with van der Waals surface area (Å²) in [6.45, 7) is 5.80. The van der Waals surface area contributed by atoms with Gasteiger partial charge in [0.25, 0.3) is 5.91 Å². The zero-order valence-electron chi connectivity index (χ0n) is 14.7. The van der Waals surface area contributed by atoms with Crippen LogP contribution < -0.4 is 5.73 Å². The van der Waals surface area contributed by atoms with E-state index in [1.807, 2.05) is 20.8 Å². The average molecular weight is 348 g/mol. The Balaban J connectivity index is 2.19. The highest BCUT2D eigenvalue weighted by molar-refractivity contribution is 6.02. The van der Waals surface area contributed by atoms with Crippen LogP contribution in [-0.4, -0.2) is 45.0 Å². The molecule has 0 bridgehead atoms. The summed E-state index contributed by atoms with van der Waals surface area (Å²) in [7, 11) is 0. The molecule has 2 rings (SSSR count). The van der Waals surface area contributed by atoms with E-state index in [0.717, 1.165) is 0 Å². The third kappa shape index (κ3) is 3.99. The standard InChI is InChI=1S/C18H24N2O5/c1-18(2,3)14(21)7-6-13(15(19)22)20-9-11-8-10(17(24)25)4-5-12(11)16(20)23/h4-5,8,13-14,21H,6-7,9H2,1-3H3,(H2,19,22)(H,24,25)/t13-,14?/m0/s1. The summed E-state index contributed by atoms with van der Waals surface area (Å²) in [6.07, 6.45) is -0.0512. The van der Waals surface area contributed by atoms with Crippen LogP contribution >= 0.6 is 0 Å². The number of carboxylic acid groups (broad SMARTS) is 1. The number of aromatic carboxylic acids is 1. The number of aliphatic hydroxyl groups is 1. The third-order valence-corrected chi connectivity index (χ3v) is 4.60. The van der Waals surface area contributed by atoms with Crippen molar-refractivity contribution in [3.05, 3.63) is 34.9 Å². The molecule has 0 fully saturated rings. The third-order valence-electron chi connectivity index (χ3n) is 4.60. The van der Waals surface area contributed by atoms with Gasteiger partial charge in [0.05, 0.1) is 11.7 Å². The van der Waals surface area contributed by atoms with Crippen molar-refractivity contribution in [1.82, 2.24) is 4.90 Å². The number of fused-ring (bicyclic) bond motifs is 1. The summed E-state index contributed by atoms with van der Waals surface area (Å²) in [5.41, 5.74) is 6.18. The fraction of sp³-hybridized carbons (Fsp3) is 0.500. The minimum absolute atomic E-state index is 0.0900. The van der Waals surface area contributed by atoms with E-state index in [9.17, 15) is 19.5 Å². The van der Waals surface area contributed by atoms with E-state index < -0.39 is 24.0 Å². The molecule has 0 radical (unpaired) electrons. The topological polar surface area (TPSA) is 121 Å². The SMILES string of the molecule is CC(C)(C)C(O)CC[C@@H](C(N)=O)N1Cc2cc(C(=O)O)ccc2C1=O. The quantitative estimate of drug-likeness (QED) is 0.717. The molecule has 1 aromatic rings. The van der Waals surface area contributed by atoms with Gasteiger partial charge < -0.3 is 20.8 Å². The van der Waals surface area contributed by atoms with Crippen LogP contribution in [0.3, 0.4) is 0 Å². The lowest BCUT2D eigenvalue weighted by atomic mass is 9.85. The minimum Gasteiger partial charge on any atom is -0.478 e. The first-order valence-corrected chi connectivity index (χ1v) is 8.17. The maximum Gasteiger partial charge on any atom is 0.335 e. The van der Waals surface area contributed by atoms with Crippen LogP contribution in [0.2, 0.25) is 0 Å². The summed E-state index contributed by atoms with van der Waals surface area (Å²) in [4.78, 5) is 36.9. The van der Waals surface area contributed by atoms with Gasteiger partial charge in [-0.2, -0.15) is 0 Å². The molecule has 2 amide bonds. The molecule has 25 heavy (non-hydrogen) atoms. The van der Waals surface area contributed by atoms with Gasteiger partial charge in [0.1, 0.15) is 6.04 Å². The molecule has 0 spiro atoms. The number of nitrogens with two attached hydrogens (primary N) is 1. The second kappa shape index (κ2) is 6.84. The molecule has 7 heteroatoms. The molecule has 0 aliphatic carbocycles. The van der Waals surface area contributed by atoms with E-state index in [-0.39, 0.29) is 29.9 Å². The summed E-state index contributed by atoms with van der Waals surface area (Å²) >= 11 is 0. The first kappa shape index (κ1) is 18.9. The second-order valence-electron chi connectivity index (χ2n) is 7.49. The van der Waals surface area contributed by atoms with Crippen LogP contribution in [0, 0.1) is 5.41 Å². The zero-order chi connectivity index (χ0) is 18.9. The lowest BCUT2D eigenvalue weighted by Crippen LogP contribution is -2.45. The van der Waals surface area contributed by atoms with Gasteiger partial charge in [-0.3, -0.25) is 9.59 Å². The first-order chi connectivity index (χ1) is 11.5. The maximum absolute atomic E-state index is 12.6. The van der Waals surface area contributed by atoms with Crippen LogP contribution in [0.5, 0.6) is 0 Å². The number of primary amides is 1. The fourth-order valence-electron chi connectivity index (χ4n) is 2.93. The van der Waals surface area contributed by atoms with Crippen molar-refractivity contribution in [3.8, 4) is 0 Å². The Bertz CT molecular complexity index is 708. The van der Waals surface area contributed by atoms with Crippen LogP contribution in [0.25, 0.3) is 0 Å². The average Bonchev–Trinajstić information content (AvgIpc) is 2.82. The lowest BCUT2D eigenvalue weighted by Gasteiger charge is -2.30. The molecule has 0 aromatic heterocycles. The van der Waals surface area contributed by atoms with Crippen molar-refractivity contribution in [2.24, 2.45) is 11.1 Å². The number of carbonyl (C=O) groups is 3. The highest BCUT2D eigenvalue weighted by Gasteiger charge is 2.36. The fourth-order valence-corrected chi connectivity index (χ4v) is 2.93. The number of rotatable bonds is 6. The largest absolute Gasteiger partial charge is 0.478 e. The smallest absolute Gasteiger partial charge is 0.335 e. The highest BCUT2D eigenvalue weighted by Crippen LogP contribution is 2.29. The van der Waals surface area contributed by atoms with Gasteiger partial charge in [-0.1, -0.05) is 20.8 Å². The van der Waals surface area contributed by atoms with E-state index in [2.05, 4.69) is 0 Å². The normalized spacial score (nSPS) is 16.5. The molecule has 1 aliphatic heterocycles. The predicted octanol–water partition coefficient (Wildman–Crippen LogP) is 1.38. The van der Waals surface area contributed by atoms with Crippen molar-refractivity contribution in [1.29, 1.82) is 0 Å². The number of benzene rings is 1. The molecule has 1 unspecified atom stereocenters. The Morgan fingerprint density at radius 3 is 2.44 bits per heavy atom. The van der Waals surface area contributed by atoms with Gasteiger partial charge in [0, 0.05) is 12.1 Å². The second-order valence-corrected chi connectivity index (χ2v) is 7.49. The van der Waals surface area contributed by atoms with Gasteiger partial charge in [-0.15, -0.1) is 0 Å². The number of hydrogen-bond donors (Lipinski definition) is 3. The van der Waals surface area contributed by atoms with Crippen LogP contribution in [-0.2, 0) is 11.3 Å². The monoisotopic (exact) mass is 348 g/mol. The Morgan fingerprint density at radius 1 is 1.28 bits per heavy atom. The van der Waals surface area contributed by atoms with E-state index in [0.29, 0.717) is 17.5 Å². The number of nitrogens with zero attached hydrogens (tertiary/aromatic N) is 1. The summed E-state index contributed by atoms with van der Waals surface area (Å²) < 4.78 is 0. The van der Waals surface area contributed by atoms with E-state index in [1.165, 1.54) is 23.1 Å². The number of amides is 2. The van der Waals surface area contributed by atoms with Gasteiger partial charge in [0.15, 0.2) is 0 Å². The maximum atomic E-state index is 12.6. The van der Waals surface area contributed by atoms with Crippen molar-refractivity contribution < 1.29 is 24.6 Å². The molecule has 2 atom stereocenters. The molecule has 7 nitrogen and oxygen atoms in total. The van der Waals surface area contributed by atoms with Crippen LogP contribution in [0.15, 0.2) is 18.2 Å². The molecule has 0 saturated carbocycles. The molecule has 0 saturated heterocycles. The molecule has 1 aromatic carbocycles. The van der Waals surface area contributed by atoms with Gasteiger partial charge >= 0.3 is 5.97 Å². The van der Waals surface area contributed by atoms with Crippen molar-refractivity contribution >= 4 is 17.8 Å². The van der Waals surface area contributed by atoms with Crippen molar-refractivity contribution in [2.75, 3.05) is 0 Å². The van der Waals surface area contributed by atoms with E-state index >= 15 is 0 Å². The predicted molar refractivity (Wildman–Crippen MR) is 91.0 cm³/mol. The zero-order valence-corrected chi connectivity index (χ0v) is 14.7. The molecule has 4 N–H and O–H groups in total. The van der Waals surface area contributed by atoms with Crippen molar-refractivity contribution in [2.45, 2.75) is 52.3 Å². The van der Waals surface area contributed by atoms with Crippen LogP contribution in [0.4, 0.5) is 0 Å². The molecular formula is C18H24N2O5.